The van der Waals surface area contributed by atoms with E-state index in [2.05, 4.69) is 36.2 Å². The molecule has 0 spiro atoms. The van der Waals surface area contributed by atoms with Gasteiger partial charge in [-0.05, 0) is 37.1 Å². The van der Waals surface area contributed by atoms with E-state index in [0.29, 0.717) is 11.9 Å². The molecule has 1 aliphatic heterocycles. The molecule has 1 unspecified atom stereocenters. The molecule has 4 rings (SSSR count). The molecule has 126 valence electrons. The monoisotopic (exact) mass is 333 g/mol. The molecule has 0 saturated carbocycles. The molecule has 0 aliphatic carbocycles. The molecule has 3 aromatic heterocycles. The summed E-state index contributed by atoms with van der Waals surface area (Å²) >= 11 is 0. The van der Waals surface area contributed by atoms with Gasteiger partial charge in [0.05, 0.1) is 0 Å². The molecule has 1 atom stereocenters. The number of rotatable bonds is 4. The summed E-state index contributed by atoms with van der Waals surface area (Å²) < 4.78 is 0. The Morgan fingerprint density at radius 1 is 0.920 bits per heavy atom. The number of hydrogen-bond acceptors (Lipinski definition) is 7. The van der Waals surface area contributed by atoms with Crippen molar-refractivity contribution in [2.45, 2.75) is 18.8 Å². The number of aromatic nitrogens is 5. The van der Waals surface area contributed by atoms with Gasteiger partial charge in [0.1, 0.15) is 5.82 Å². The topological polar surface area (TPSA) is 79.7 Å². The van der Waals surface area contributed by atoms with E-state index in [0.717, 1.165) is 43.4 Å². The lowest BCUT2D eigenvalue weighted by Gasteiger charge is -2.32. The molecule has 1 aliphatic rings. The van der Waals surface area contributed by atoms with Crippen LogP contribution in [0.25, 0.3) is 0 Å². The first-order chi connectivity index (χ1) is 12.4. The van der Waals surface area contributed by atoms with Crippen molar-refractivity contribution < 1.29 is 0 Å². The van der Waals surface area contributed by atoms with Crippen LogP contribution >= 0.6 is 0 Å². The molecule has 0 bridgehead atoms. The number of pyridine rings is 1. The van der Waals surface area contributed by atoms with Crippen molar-refractivity contribution in [3.05, 3.63) is 60.8 Å². The van der Waals surface area contributed by atoms with Crippen LogP contribution in [0.15, 0.2) is 55.1 Å². The van der Waals surface area contributed by atoms with Crippen molar-refractivity contribution in [1.29, 1.82) is 0 Å². The van der Waals surface area contributed by atoms with Crippen LogP contribution in [-0.2, 0) is 0 Å². The molecular weight excluding hydrogens is 314 g/mol. The van der Waals surface area contributed by atoms with Gasteiger partial charge in [0.2, 0.25) is 11.9 Å². The molecule has 1 saturated heterocycles. The summed E-state index contributed by atoms with van der Waals surface area (Å²) in [5.41, 5.74) is 1.07. The van der Waals surface area contributed by atoms with Gasteiger partial charge in [-0.25, -0.2) is 24.9 Å². The molecule has 1 fully saturated rings. The maximum atomic E-state index is 4.76. The molecule has 0 radical (unpaired) electrons. The Balaban J connectivity index is 1.50. The van der Waals surface area contributed by atoms with E-state index in [1.165, 1.54) is 0 Å². The van der Waals surface area contributed by atoms with Gasteiger partial charge in [0.15, 0.2) is 0 Å². The Bertz CT molecular complexity index is 810. The van der Waals surface area contributed by atoms with Crippen LogP contribution in [0, 0.1) is 0 Å². The van der Waals surface area contributed by atoms with Crippen LogP contribution in [-0.4, -0.2) is 38.0 Å². The summed E-state index contributed by atoms with van der Waals surface area (Å²) in [6.45, 7) is 1.86. The Labute approximate surface area is 146 Å². The summed E-state index contributed by atoms with van der Waals surface area (Å²) in [5.74, 6) is 2.46. The first-order valence-electron chi connectivity index (χ1n) is 8.41. The largest absolute Gasteiger partial charge is 0.340 e. The normalized spacial score (nSPS) is 17.3. The van der Waals surface area contributed by atoms with Gasteiger partial charge in [0, 0.05) is 49.5 Å². The van der Waals surface area contributed by atoms with Crippen LogP contribution in [0.3, 0.4) is 0 Å². The SMILES string of the molecule is c1cnc(Nc2cccc(C3CCCN(c4ncccn4)C3)n2)nc1. The van der Waals surface area contributed by atoms with Gasteiger partial charge in [-0.15, -0.1) is 0 Å². The number of piperidine rings is 1. The zero-order valence-electron chi connectivity index (χ0n) is 13.8. The van der Waals surface area contributed by atoms with Crippen molar-refractivity contribution in [2.24, 2.45) is 0 Å². The fourth-order valence-corrected chi connectivity index (χ4v) is 3.08. The van der Waals surface area contributed by atoms with Crippen molar-refractivity contribution in [3.63, 3.8) is 0 Å². The number of nitrogens with zero attached hydrogens (tertiary/aromatic N) is 6. The van der Waals surface area contributed by atoms with Crippen molar-refractivity contribution in [2.75, 3.05) is 23.3 Å². The van der Waals surface area contributed by atoms with Gasteiger partial charge in [0.25, 0.3) is 0 Å². The van der Waals surface area contributed by atoms with Gasteiger partial charge in [-0.1, -0.05) is 6.07 Å². The van der Waals surface area contributed by atoms with E-state index in [9.17, 15) is 0 Å². The van der Waals surface area contributed by atoms with E-state index in [1.54, 1.807) is 30.9 Å². The average Bonchev–Trinajstić information content (AvgIpc) is 2.70. The zero-order chi connectivity index (χ0) is 16.9. The van der Waals surface area contributed by atoms with E-state index in [-0.39, 0.29) is 0 Å². The third kappa shape index (κ3) is 3.71. The zero-order valence-corrected chi connectivity index (χ0v) is 13.8. The standard InChI is InChI=1S/C18H19N7/c1-6-15(23-16(7-1)24-17-19-8-3-9-20-17)14-5-2-12-25(13-14)18-21-10-4-11-22-18/h1,3-4,6-11,14H,2,5,12-13H2,(H,19,20,23,24). The fraction of sp³-hybridized carbons (Fsp3) is 0.278. The summed E-state index contributed by atoms with van der Waals surface area (Å²) in [4.78, 5) is 24.1. The van der Waals surface area contributed by atoms with Gasteiger partial charge in [-0.2, -0.15) is 0 Å². The molecular formula is C18H19N7. The summed E-state index contributed by atoms with van der Waals surface area (Å²) in [7, 11) is 0. The second kappa shape index (κ2) is 7.21. The molecule has 7 heteroatoms. The van der Waals surface area contributed by atoms with Crippen LogP contribution in [0.1, 0.15) is 24.5 Å². The van der Waals surface area contributed by atoms with E-state index < -0.39 is 0 Å². The highest BCUT2D eigenvalue weighted by Crippen LogP contribution is 2.28. The molecule has 3 aromatic rings. The lowest BCUT2D eigenvalue weighted by atomic mass is 9.94. The summed E-state index contributed by atoms with van der Waals surface area (Å²) in [5, 5.41) is 3.15. The number of nitrogens with one attached hydrogen (secondary N) is 1. The Hall–Kier alpha value is -3.09. The maximum absolute atomic E-state index is 4.76. The first-order valence-corrected chi connectivity index (χ1v) is 8.41. The van der Waals surface area contributed by atoms with Crippen molar-refractivity contribution >= 4 is 17.7 Å². The third-order valence-electron chi connectivity index (χ3n) is 4.25. The highest BCUT2D eigenvalue weighted by molar-refractivity contribution is 5.47. The van der Waals surface area contributed by atoms with Crippen LogP contribution in [0.4, 0.5) is 17.7 Å². The molecule has 4 heterocycles. The van der Waals surface area contributed by atoms with Crippen LogP contribution in [0.2, 0.25) is 0 Å². The average molecular weight is 333 g/mol. The molecule has 0 amide bonds. The van der Waals surface area contributed by atoms with Gasteiger partial charge in [-0.3, -0.25) is 0 Å². The Morgan fingerprint density at radius 3 is 2.48 bits per heavy atom. The first kappa shape index (κ1) is 15.4. The maximum Gasteiger partial charge on any atom is 0.228 e. The van der Waals surface area contributed by atoms with Crippen molar-refractivity contribution in [1.82, 2.24) is 24.9 Å². The van der Waals surface area contributed by atoms with Crippen LogP contribution in [0.5, 0.6) is 0 Å². The Morgan fingerprint density at radius 2 is 1.68 bits per heavy atom. The highest BCUT2D eigenvalue weighted by Gasteiger charge is 2.24. The lowest BCUT2D eigenvalue weighted by molar-refractivity contribution is 0.495. The molecule has 7 nitrogen and oxygen atoms in total. The minimum absolute atomic E-state index is 0.357. The van der Waals surface area contributed by atoms with Crippen LogP contribution < -0.4 is 10.2 Å². The minimum Gasteiger partial charge on any atom is -0.340 e. The molecule has 0 aromatic carbocycles. The van der Waals surface area contributed by atoms with Gasteiger partial charge < -0.3 is 10.2 Å². The van der Waals surface area contributed by atoms with E-state index in [4.69, 9.17) is 4.98 Å². The summed E-state index contributed by atoms with van der Waals surface area (Å²) in [6.07, 6.45) is 9.20. The van der Waals surface area contributed by atoms with Gasteiger partial charge >= 0.3 is 0 Å². The van der Waals surface area contributed by atoms with E-state index >= 15 is 0 Å². The predicted octanol–water partition coefficient (Wildman–Crippen LogP) is 2.79. The number of anilines is 3. The quantitative estimate of drug-likeness (QED) is 0.786. The third-order valence-corrected chi connectivity index (χ3v) is 4.25. The lowest BCUT2D eigenvalue weighted by Crippen LogP contribution is -2.35. The summed E-state index contributed by atoms with van der Waals surface area (Å²) in [6, 6.07) is 9.66. The molecule has 25 heavy (non-hydrogen) atoms. The minimum atomic E-state index is 0.357. The highest BCUT2D eigenvalue weighted by atomic mass is 15.3. The fourth-order valence-electron chi connectivity index (χ4n) is 3.08. The predicted molar refractivity (Wildman–Crippen MR) is 95.8 cm³/mol. The van der Waals surface area contributed by atoms with E-state index in [1.807, 2.05) is 18.2 Å². The smallest absolute Gasteiger partial charge is 0.228 e. The second-order valence-corrected chi connectivity index (χ2v) is 5.98. The number of hydrogen-bond donors (Lipinski definition) is 1. The Kier molecular flexibility index (Phi) is 4.45. The molecule has 1 N–H and O–H groups in total. The second-order valence-electron chi connectivity index (χ2n) is 5.98. The van der Waals surface area contributed by atoms with Crippen molar-refractivity contribution in [3.8, 4) is 0 Å².